The predicted octanol–water partition coefficient (Wildman–Crippen LogP) is 2.20. The Hall–Kier alpha value is -1.79. The topological polar surface area (TPSA) is 76.1 Å². The number of ether oxygens (including phenoxy) is 2. The second-order valence-corrected chi connectivity index (χ2v) is 5.78. The average Bonchev–Trinajstić information content (AvgIpc) is 2.97. The predicted molar refractivity (Wildman–Crippen MR) is 84.7 cm³/mol. The highest BCUT2D eigenvalue weighted by Crippen LogP contribution is 2.24. The first-order chi connectivity index (χ1) is 11.0. The molecule has 6 nitrogen and oxygen atoms in total. The lowest BCUT2D eigenvalue weighted by Crippen LogP contribution is -2.40. The van der Waals surface area contributed by atoms with Crippen LogP contribution in [-0.4, -0.2) is 54.3 Å². The molecule has 1 aliphatic rings. The molecule has 0 spiro atoms. The average molecular weight is 342 g/mol. The molecule has 1 aromatic carbocycles. The van der Waals surface area contributed by atoms with E-state index in [2.05, 4.69) is 0 Å². The summed E-state index contributed by atoms with van der Waals surface area (Å²) in [5, 5.41) is 9.73. The molecule has 0 saturated carbocycles. The van der Waals surface area contributed by atoms with Gasteiger partial charge in [-0.25, -0.2) is 4.79 Å². The summed E-state index contributed by atoms with van der Waals surface area (Å²) in [6.07, 6.45) is 0.822. The molecule has 1 aliphatic heterocycles. The molecular weight excluding hydrogens is 322 g/mol. The second-order valence-electron chi connectivity index (χ2n) is 5.38. The summed E-state index contributed by atoms with van der Waals surface area (Å²) in [4.78, 5) is 24.8. The zero-order valence-electron chi connectivity index (χ0n) is 12.9. The summed E-state index contributed by atoms with van der Waals surface area (Å²) in [5.74, 6) is -0.615. The van der Waals surface area contributed by atoms with Crippen LogP contribution in [0.3, 0.4) is 0 Å². The Balaban J connectivity index is 1.80. The van der Waals surface area contributed by atoms with Gasteiger partial charge in [0.05, 0.1) is 17.7 Å². The Labute approximate surface area is 139 Å². The maximum Gasteiger partial charge on any atom is 0.326 e. The molecular formula is C16H20ClNO5. The fraction of sp³-hybridized carbons (Fsp3) is 0.500. The number of hydrogen-bond acceptors (Lipinski definition) is 4. The number of nitrogens with zero attached hydrogens (tertiary/aromatic N) is 1. The highest BCUT2D eigenvalue weighted by molar-refractivity contribution is 6.32. The van der Waals surface area contributed by atoms with E-state index in [1.807, 2.05) is 12.1 Å². The van der Waals surface area contributed by atoms with E-state index >= 15 is 0 Å². The molecule has 1 heterocycles. The molecule has 126 valence electrons. The van der Waals surface area contributed by atoms with Gasteiger partial charge in [0.25, 0.3) is 0 Å². The largest absolute Gasteiger partial charge is 0.492 e. The van der Waals surface area contributed by atoms with Crippen molar-refractivity contribution in [1.29, 1.82) is 0 Å². The fourth-order valence-electron chi connectivity index (χ4n) is 2.59. The van der Waals surface area contributed by atoms with Crippen molar-refractivity contribution in [2.75, 3.05) is 20.3 Å². The summed E-state index contributed by atoms with van der Waals surface area (Å²) in [6.45, 7) is 0.659. The third kappa shape index (κ3) is 4.59. The number of carboxylic acid groups (broad SMARTS) is 1. The van der Waals surface area contributed by atoms with Crippen LogP contribution in [0.1, 0.15) is 19.3 Å². The van der Waals surface area contributed by atoms with Crippen molar-refractivity contribution >= 4 is 23.5 Å². The molecule has 1 N–H and O–H groups in total. The number of amides is 1. The van der Waals surface area contributed by atoms with Crippen LogP contribution in [0.2, 0.25) is 5.02 Å². The number of carbonyl (C=O) groups is 2. The van der Waals surface area contributed by atoms with Crippen LogP contribution < -0.4 is 4.74 Å². The molecule has 0 bridgehead atoms. The number of para-hydroxylation sites is 1. The summed E-state index contributed by atoms with van der Waals surface area (Å²) in [7, 11) is 1.52. The number of rotatable bonds is 7. The number of carboxylic acids is 1. The smallest absolute Gasteiger partial charge is 0.326 e. The lowest BCUT2D eigenvalue weighted by Gasteiger charge is -2.21. The van der Waals surface area contributed by atoms with Gasteiger partial charge < -0.3 is 19.5 Å². The normalized spacial score (nSPS) is 20.5. The van der Waals surface area contributed by atoms with Crippen molar-refractivity contribution in [2.45, 2.75) is 31.4 Å². The van der Waals surface area contributed by atoms with Gasteiger partial charge in [0.1, 0.15) is 11.8 Å². The minimum absolute atomic E-state index is 0.195. The molecule has 7 heteroatoms. The van der Waals surface area contributed by atoms with Gasteiger partial charge in [-0.1, -0.05) is 23.7 Å². The van der Waals surface area contributed by atoms with Crippen molar-refractivity contribution < 1.29 is 24.2 Å². The van der Waals surface area contributed by atoms with E-state index in [0.29, 0.717) is 36.8 Å². The SMILES string of the molecule is COC1CC(C(=O)O)N(C(=O)CCCOc2ccccc2Cl)C1. The molecule has 0 aliphatic carbocycles. The van der Waals surface area contributed by atoms with Crippen LogP contribution in [0.5, 0.6) is 5.75 Å². The first kappa shape index (κ1) is 17.6. The molecule has 1 saturated heterocycles. The third-order valence-corrected chi connectivity index (χ3v) is 4.14. The van der Waals surface area contributed by atoms with E-state index in [1.54, 1.807) is 12.1 Å². The maximum absolute atomic E-state index is 12.2. The number of hydrogen-bond donors (Lipinski definition) is 1. The zero-order chi connectivity index (χ0) is 16.8. The Morgan fingerprint density at radius 1 is 1.39 bits per heavy atom. The number of benzene rings is 1. The van der Waals surface area contributed by atoms with E-state index in [4.69, 9.17) is 21.1 Å². The molecule has 2 unspecified atom stereocenters. The Morgan fingerprint density at radius 2 is 2.13 bits per heavy atom. The molecule has 2 atom stereocenters. The van der Waals surface area contributed by atoms with Gasteiger partial charge in [0.15, 0.2) is 0 Å². The van der Waals surface area contributed by atoms with E-state index in [1.165, 1.54) is 12.0 Å². The Morgan fingerprint density at radius 3 is 2.78 bits per heavy atom. The minimum Gasteiger partial charge on any atom is -0.492 e. The van der Waals surface area contributed by atoms with Crippen molar-refractivity contribution in [3.63, 3.8) is 0 Å². The lowest BCUT2D eigenvalue weighted by atomic mass is 10.2. The van der Waals surface area contributed by atoms with Crippen molar-refractivity contribution in [1.82, 2.24) is 4.90 Å². The first-order valence-corrected chi connectivity index (χ1v) is 7.83. The molecule has 1 aromatic rings. The molecule has 23 heavy (non-hydrogen) atoms. The molecule has 0 aromatic heterocycles. The highest BCUT2D eigenvalue weighted by atomic mass is 35.5. The number of carbonyl (C=O) groups excluding carboxylic acids is 1. The number of halogens is 1. The van der Waals surface area contributed by atoms with E-state index in [-0.39, 0.29) is 18.4 Å². The van der Waals surface area contributed by atoms with Crippen LogP contribution in [0.15, 0.2) is 24.3 Å². The summed E-state index contributed by atoms with van der Waals surface area (Å²) in [5.41, 5.74) is 0. The van der Waals surface area contributed by atoms with Crippen molar-refractivity contribution in [3.05, 3.63) is 29.3 Å². The third-order valence-electron chi connectivity index (χ3n) is 3.83. The first-order valence-electron chi connectivity index (χ1n) is 7.45. The van der Waals surface area contributed by atoms with Gasteiger partial charge in [0.2, 0.25) is 5.91 Å². The molecule has 0 radical (unpaired) electrons. The van der Waals surface area contributed by atoms with Gasteiger partial charge >= 0.3 is 5.97 Å². The summed E-state index contributed by atoms with van der Waals surface area (Å²) >= 11 is 5.98. The minimum atomic E-state index is -0.995. The molecule has 1 amide bonds. The van der Waals surface area contributed by atoms with Gasteiger partial charge in [0, 0.05) is 26.5 Å². The van der Waals surface area contributed by atoms with Crippen LogP contribution >= 0.6 is 11.6 Å². The quantitative estimate of drug-likeness (QED) is 0.769. The Kier molecular flexibility index (Phi) is 6.24. The van der Waals surface area contributed by atoms with E-state index in [0.717, 1.165) is 0 Å². The number of methoxy groups -OCH3 is 1. The van der Waals surface area contributed by atoms with Crippen LogP contribution in [0.4, 0.5) is 0 Å². The zero-order valence-corrected chi connectivity index (χ0v) is 13.7. The van der Waals surface area contributed by atoms with Gasteiger partial charge in [-0.3, -0.25) is 4.79 Å². The van der Waals surface area contributed by atoms with Crippen LogP contribution in [0, 0.1) is 0 Å². The summed E-state index contributed by atoms with van der Waals surface area (Å²) in [6, 6.07) is 6.31. The fourth-order valence-corrected chi connectivity index (χ4v) is 2.78. The van der Waals surface area contributed by atoms with Crippen LogP contribution in [-0.2, 0) is 14.3 Å². The second kappa shape index (κ2) is 8.17. The van der Waals surface area contributed by atoms with Crippen molar-refractivity contribution in [2.24, 2.45) is 0 Å². The van der Waals surface area contributed by atoms with Gasteiger partial charge in [-0.2, -0.15) is 0 Å². The maximum atomic E-state index is 12.2. The molecule has 2 rings (SSSR count). The van der Waals surface area contributed by atoms with Crippen molar-refractivity contribution in [3.8, 4) is 5.75 Å². The summed E-state index contributed by atoms with van der Waals surface area (Å²) < 4.78 is 10.7. The van der Waals surface area contributed by atoms with E-state index in [9.17, 15) is 14.7 Å². The monoisotopic (exact) mass is 341 g/mol. The lowest BCUT2D eigenvalue weighted by molar-refractivity contribution is -0.148. The van der Waals surface area contributed by atoms with Crippen LogP contribution in [0.25, 0.3) is 0 Å². The van der Waals surface area contributed by atoms with E-state index < -0.39 is 12.0 Å². The van der Waals surface area contributed by atoms with Gasteiger partial charge in [-0.15, -0.1) is 0 Å². The number of aliphatic carboxylic acids is 1. The van der Waals surface area contributed by atoms with Gasteiger partial charge in [-0.05, 0) is 18.6 Å². The standard InChI is InChI=1S/C16H20ClNO5/c1-22-11-9-13(16(20)21)18(10-11)15(19)7-4-8-23-14-6-3-2-5-12(14)17/h2-3,5-6,11,13H,4,7-10H2,1H3,(H,20,21). The Bertz CT molecular complexity index is 565. The molecule has 1 fully saturated rings. The number of likely N-dealkylation sites (tertiary alicyclic amines) is 1. The highest BCUT2D eigenvalue weighted by Gasteiger charge is 2.39.